The van der Waals surface area contributed by atoms with Gasteiger partial charge in [0.1, 0.15) is 0 Å². The Morgan fingerprint density at radius 3 is 2.71 bits per heavy atom. The molecule has 3 heteroatoms. The summed E-state index contributed by atoms with van der Waals surface area (Å²) in [6, 6.07) is 11.2. The number of hydrogen-bond donors (Lipinski definition) is 1. The number of nitrogens with zero attached hydrogens (tertiary/aromatic N) is 1. The molecule has 0 aliphatic carbocycles. The summed E-state index contributed by atoms with van der Waals surface area (Å²) in [5.74, 6) is 0. The second kappa shape index (κ2) is 8.20. The summed E-state index contributed by atoms with van der Waals surface area (Å²) in [6.07, 6.45) is 1.17. The van der Waals surface area contributed by atoms with Crippen LogP contribution in [-0.4, -0.2) is 13.1 Å². The zero-order valence-corrected chi connectivity index (χ0v) is 14.2. The summed E-state index contributed by atoms with van der Waals surface area (Å²) in [6.45, 7) is 10.7. The first-order valence-electron chi connectivity index (χ1n) is 7.82. The molecular formula is C18H26N2S. The van der Waals surface area contributed by atoms with Gasteiger partial charge < -0.3 is 10.2 Å². The molecule has 2 aromatic rings. The molecule has 1 heterocycles. The van der Waals surface area contributed by atoms with E-state index in [4.69, 9.17) is 0 Å². The monoisotopic (exact) mass is 302 g/mol. The molecule has 0 amide bonds. The van der Waals surface area contributed by atoms with E-state index in [0.29, 0.717) is 0 Å². The van der Waals surface area contributed by atoms with Gasteiger partial charge in [0.2, 0.25) is 0 Å². The summed E-state index contributed by atoms with van der Waals surface area (Å²) in [4.78, 5) is 3.89. The SMILES string of the molecule is CCCNCc1cc(C)ccc1N(CC)Cc1cccs1. The lowest BCUT2D eigenvalue weighted by Crippen LogP contribution is -2.24. The predicted octanol–water partition coefficient (Wildman–Crippen LogP) is 4.58. The van der Waals surface area contributed by atoms with Crippen LogP contribution in [0.2, 0.25) is 0 Å². The van der Waals surface area contributed by atoms with Crippen LogP contribution in [0, 0.1) is 6.92 Å². The van der Waals surface area contributed by atoms with Crippen LogP contribution in [0.5, 0.6) is 0 Å². The molecule has 0 unspecified atom stereocenters. The molecule has 0 radical (unpaired) electrons. The maximum Gasteiger partial charge on any atom is 0.0522 e. The topological polar surface area (TPSA) is 15.3 Å². The maximum atomic E-state index is 3.53. The van der Waals surface area contributed by atoms with E-state index in [0.717, 1.165) is 26.2 Å². The highest BCUT2D eigenvalue weighted by molar-refractivity contribution is 7.09. The minimum absolute atomic E-state index is 0.950. The summed E-state index contributed by atoms with van der Waals surface area (Å²) in [5.41, 5.74) is 4.10. The summed E-state index contributed by atoms with van der Waals surface area (Å²) < 4.78 is 0. The van der Waals surface area contributed by atoms with E-state index < -0.39 is 0 Å². The quantitative estimate of drug-likeness (QED) is 0.718. The third-order valence-corrected chi connectivity index (χ3v) is 4.49. The number of aryl methyl sites for hydroxylation is 1. The molecule has 2 rings (SSSR count). The number of thiophene rings is 1. The minimum Gasteiger partial charge on any atom is -0.366 e. The number of rotatable bonds is 8. The van der Waals surface area contributed by atoms with Crippen molar-refractivity contribution in [3.8, 4) is 0 Å². The third-order valence-electron chi connectivity index (χ3n) is 3.63. The first-order chi connectivity index (χ1) is 10.2. The second-order valence-electron chi connectivity index (χ2n) is 5.40. The largest absolute Gasteiger partial charge is 0.366 e. The van der Waals surface area contributed by atoms with Gasteiger partial charge in [0, 0.05) is 23.7 Å². The maximum absolute atomic E-state index is 3.53. The molecule has 0 spiro atoms. The Balaban J connectivity index is 2.18. The van der Waals surface area contributed by atoms with Crippen molar-refractivity contribution in [3.05, 3.63) is 51.7 Å². The average molecular weight is 302 g/mol. The highest BCUT2D eigenvalue weighted by Crippen LogP contribution is 2.25. The molecule has 114 valence electrons. The molecule has 0 aliphatic heterocycles. The lowest BCUT2D eigenvalue weighted by molar-refractivity contribution is 0.672. The van der Waals surface area contributed by atoms with Crippen LogP contribution >= 0.6 is 11.3 Å². The molecule has 21 heavy (non-hydrogen) atoms. The first kappa shape index (κ1) is 16.1. The molecule has 0 saturated heterocycles. The van der Waals surface area contributed by atoms with Crippen LogP contribution in [0.25, 0.3) is 0 Å². The molecule has 0 aliphatic rings. The molecule has 1 aromatic carbocycles. The predicted molar refractivity (Wildman–Crippen MR) is 94.2 cm³/mol. The molecule has 0 saturated carbocycles. The third kappa shape index (κ3) is 4.58. The van der Waals surface area contributed by atoms with Crippen LogP contribution in [-0.2, 0) is 13.1 Å². The standard InChI is InChI=1S/C18H26N2S/c1-4-10-19-13-16-12-15(3)8-9-18(16)20(5-2)14-17-7-6-11-21-17/h6-9,11-12,19H,4-5,10,13-14H2,1-3H3. The molecule has 1 N–H and O–H groups in total. The summed E-state index contributed by atoms with van der Waals surface area (Å²) >= 11 is 1.83. The molecule has 2 nitrogen and oxygen atoms in total. The van der Waals surface area contributed by atoms with Gasteiger partial charge in [0.25, 0.3) is 0 Å². The van der Waals surface area contributed by atoms with Crippen molar-refractivity contribution in [1.82, 2.24) is 5.32 Å². The fourth-order valence-electron chi connectivity index (χ4n) is 2.52. The second-order valence-corrected chi connectivity index (χ2v) is 6.43. The zero-order valence-electron chi connectivity index (χ0n) is 13.4. The van der Waals surface area contributed by atoms with Gasteiger partial charge in [0.05, 0.1) is 6.54 Å². The van der Waals surface area contributed by atoms with E-state index in [2.05, 4.69) is 66.7 Å². The Morgan fingerprint density at radius 1 is 1.19 bits per heavy atom. The Kier molecular flexibility index (Phi) is 6.27. The number of benzene rings is 1. The fraction of sp³-hybridized carbons (Fsp3) is 0.444. The average Bonchev–Trinajstić information content (AvgIpc) is 2.99. The van der Waals surface area contributed by atoms with Crippen LogP contribution in [0.15, 0.2) is 35.7 Å². The van der Waals surface area contributed by atoms with Crippen molar-refractivity contribution in [2.75, 3.05) is 18.0 Å². The van der Waals surface area contributed by atoms with Crippen molar-refractivity contribution in [3.63, 3.8) is 0 Å². The zero-order chi connectivity index (χ0) is 15.1. The van der Waals surface area contributed by atoms with Gasteiger partial charge in [-0.25, -0.2) is 0 Å². The first-order valence-corrected chi connectivity index (χ1v) is 8.70. The Hall–Kier alpha value is -1.32. The Labute approximate surface area is 132 Å². The summed E-state index contributed by atoms with van der Waals surface area (Å²) in [7, 11) is 0. The van der Waals surface area contributed by atoms with Crippen LogP contribution < -0.4 is 10.2 Å². The lowest BCUT2D eigenvalue weighted by Gasteiger charge is -2.26. The van der Waals surface area contributed by atoms with E-state index in [1.807, 2.05) is 11.3 Å². The minimum atomic E-state index is 0.950. The van der Waals surface area contributed by atoms with Crippen LogP contribution in [0.4, 0.5) is 5.69 Å². The normalized spacial score (nSPS) is 10.8. The molecule has 1 aromatic heterocycles. The molecule has 0 atom stereocenters. The van der Waals surface area contributed by atoms with Gasteiger partial charge >= 0.3 is 0 Å². The smallest absolute Gasteiger partial charge is 0.0522 e. The van der Waals surface area contributed by atoms with Crippen molar-refractivity contribution in [2.24, 2.45) is 0 Å². The lowest BCUT2D eigenvalue weighted by atomic mass is 10.1. The van der Waals surface area contributed by atoms with Crippen molar-refractivity contribution in [1.29, 1.82) is 0 Å². The highest BCUT2D eigenvalue weighted by Gasteiger charge is 2.11. The van der Waals surface area contributed by atoms with E-state index in [9.17, 15) is 0 Å². The highest BCUT2D eigenvalue weighted by atomic mass is 32.1. The van der Waals surface area contributed by atoms with Gasteiger partial charge in [-0.2, -0.15) is 0 Å². The van der Waals surface area contributed by atoms with Gasteiger partial charge in [-0.15, -0.1) is 11.3 Å². The van der Waals surface area contributed by atoms with Crippen LogP contribution in [0.1, 0.15) is 36.3 Å². The van der Waals surface area contributed by atoms with Gasteiger partial charge in [-0.3, -0.25) is 0 Å². The Morgan fingerprint density at radius 2 is 2.05 bits per heavy atom. The van der Waals surface area contributed by atoms with Crippen molar-refractivity contribution < 1.29 is 0 Å². The van der Waals surface area contributed by atoms with Gasteiger partial charge in [0.15, 0.2) is 0 Å². The fourth-order valence-corrected chi connectivity index (χ4v) is 3.24. The molecular weight excluding hydrogens is 276 g/mol. The van der Waals surface area contributed by atoms with Crippen LogP contribution in [0.3, 0.4) is 0 Å². The van der Waals surface area contributed by atoms with E-state index >= 15 is 0 Å². The number of anilines is 1. The number of nitrogens with one attached hydrogen (secondary N) is 1. The number of hydrogen-bond acceptors (Lipinski definition) is 3. The molecule has 0 bridgehead atoms. The van der Waals surface area contributed by atoms with Gasteiger partial charge in [-0.1, -0.05) is 30.7 Å². The van der Waals surface area contributed by atoms with Crippen molar-refractivity contribution >= 4 is 17.0 Å². The molecule has 0 fully saturated rings. The van der Waals surface area contributed by atoms with Crippen molar-refractivity contribution in [2.45, 2.75) is 40.3 Å². The Bertz CT molecular complexity index is 534. The van der Waals surface area contributed by atoms with E-state index in [-0.39, 0.29) is 0 Å². The summed E-state index contributed by atoms with van der Waals surface area (Å²) in [5, 5.41) is 5.69. The van der Waals surface area contributed by atoms with Gasteiger partial charge in [-0.05, 0) is 49.9 Å². The van der Waals surface area contributed by atoms with E-state index in [1.165, 1.54) is 28.1 Å². The van der Waals surface area contributed by atoms with E-state index in [1.54, 1.807) is 0 Å².